The predicted molar refractivity (Wildman–Crippen MR) is 47.3 cm³/mol. The average Bonchev–Trinajstić information content (AvgIpc) is 2.10. The molecule has 0 aliphatic carbocycles. The number of hydrogen-bond acceptors (Lipinski definition) is 2. The Bertz CT molecular complexity index is 180. The van der Waals surface area contributed by atoms with Crippen molar-refractivity contribution in [2.45, 2.75) is 20.8 Å². The summed E-state index contributed by atoms with van der Waals surface area (Å²) in [7, 11) is 0. The average molecular weight is 153 g/mol. The molecule has 1 rings (SSSR count). The first-order valence-corrected chi connectivity index (χ1v) is 3.91. The van der Waals surface area contributed by atoms with Gasteiger partial charge in [0, 0.05) is 12.1 Å². The highest BCUT2D eigenvalue weighted by Gasteiger charge is 2.01. The molecule has 0 spiro atoms. The minimum atomic E-state index is 0.145. The van der Waals surface area contributed by atoms with Crippen molar-refractivity contribution in [3.8, 4) is 0 Å². The number of rotatable bonds is 1. The lowest BCUT2D eigenvalue weighted by molar-refractivity contribution is -0.113. The van der Waals surface area contributed by atoms with Gasteiger partial charge in [0.1, 0.15) is 0 Å². The lowest BCUT2D eigenvalue weighted by Gasteiger charge is -2.05. The summed E-state index contributed by atoms with van der Waals surface area (Å²) in [5, 5.41) is 2.95. The van der Waals surface area contributed by atoms with Gasteiger partial charge in [-0.3, -0.25) is 4.79 Å². The highest BCUT2D eigenvalue weighted by Crippen LogP contribution is 1.98. The van der Waals surface area contributed by atoms with E-state index in [0.29, 0.717) is 6.54 Å². The van der Waals surface area contributed by atoms with E-state index in [4.69, 9.17) is 0 Å². The summed E-state index contributed by atoms with van der Waals surface area (Å²) in [5.41, 5.74) is 0.845. The third kappa shape index (κ3) is 3.61. The van der Waals surface area contributed by atoms with Crippen molar-refractivity contribution in [3.63, 3.8) is 0 Å². The van der Waals surface area contributed by atoms with Crippen molar-refractivity contribution >= 4 is 5.78 Å². The number of carbonyl (C=O) groups excluding carboxylic acids is 1. The maximum atomic E-state index is 10.7. The highest BCUT2D eigenvalue weighted by molar-refractivity contribution is 5.94. The largest absolute Gasteiger partial charge is 0.387 e. The molecule has 2 heteroatoms. The molecule has 0 fully saturated rings. The normalized spacial score (nSPS) is 13.9. The molecule has 1 aliphatic heterocycles. The molecule has 0 amide bonds. The van der Waals surface area contributed by atoms with Crippen LogP contribution in [0.1, 0.15) is 20.8 Å². The quantitative estimate of drug-likeness (QED) is 0.620. The Labute approximate surface area is 68.0 Å². The van der Waals surface area contributed by atoms with Crippen LogP contribution >= 0.6 is 0 Å². The number of hydrogen-bond donors (Lipinski definition) is 1. The van der Waals surface area contributed by atoms with Gasteiger partial charge in [-0.15, -0.1) is 0 Å². The van der Waals surface area contributed by atoms with Gasteiger partial charge in [0.25, 0.3) is 0 Å². The van der Waals surface area contributed by atoms with Gasteiger partial charge in [-0.05, 0) is 19.2 Å². The Morgan fingerprint density at radius 1 is 1.55 bits per heavy atom. The molecule has 0 aromatic carbocycles. The lowest BCUT2D eigenvalue weighted by Crippen LogP contribution is -2.16. The zero-order chi connectivity index (χ0) is 8.69. The third-order valence-corrected chi connectivity index (χ3v) is 1.26. The molecule has 1 heterocycles. The molecule has 0 aromatic heterocycles. The molecule has 0 unspecified atom stereocenters. The Morgan fingerprint density at radius 3 is 2.45 bits per heavy atom. The number of allylic oxidation sites excluding steroid dienone is 2. The maximum absolute atomic E-state index is 10.7. The highest BCUT2D eigenvalue weighted by atomic mass is 16.1. The summed E-state index contributed by atoms with van der Waals surface area (Å²) in [6.07, 6.45) is 5.49. The van der Waals surface area contributed by atoms with Crippen LogP contribution in [0.15, 0.2) is 23.9 Å². The van der Waals surface area contributed by atoms with E-state index in [0.717, 1.165) is 5.57 Å². The fourth-order valence-corrected chi connectivity index (χ4v) is 0.702. The summed E-state index contributed by atoms with van der Waals surface area (Å²) >= 11 is 0. The van der Waals surface area contributed by atoms with Crippen molar-refractivity contribution in [2.24, 2.45) is 0 Å². The Morgan fingerprint density at radius 2 is 2.18 bits per heavy atom. The van der Waals surface area contributed by atoms with Crippen LogP contribution in [0.5, 0.6) is 0 Å². The molecule has 0 bridgehead atoms. The van der Waals surface area contributed by atoms with Gasteiger partial charge in [-0.1, -0.05) is 19.9 Å². The van der Waals surface area contributed by atoms with Gasteiger partial charge in [0.2, 0.25) is 0 Å². The monoisotopic (exact) mass is 153 g/mol. The number of nitrogens with one attached hydrogen (secondary N) is 1. The van der Waals surface area contributed by atoms with E-state index in [9.17, 15) is 4.79 Å². The van der Waals surface area contributed by atoms with E-state index < -0.39 is 0 Å². The molecule has 0 saturated heterocycles. The molecule has 0 aromatic rings. The van der Waals surface area contributed by atoms with Crippen LogP contribution < -0.4 is 5.32 Å². The Hall–Kier alpha value is -1.05. The molecule has 62 valence electrons. The Balaban J connectivity index is 0.000000461. The fraction of sp³-hybridized carbons (Fsp3) is 0.444. The molecule has 11 heavy (non-hydrogen) atoms. The molecule has 1 aliphatic rings. The smallest absolute Gasteiger partial charge is 0.157 e. The van der Waals surface area contributed by atoms with Crippen LogP contribution in [-0.4, -0.2) is 12.3 Å². The van der Waals surface area contributed by atoms with E-state index in [2.05, 4.69) is 5.32 Å². The third-order valence-electron chi connectivity index (χ3n) is 1.26. The van der Waals surface area contributed by atoms with Crippen LogP contribution in [0.25, 0.3) is 0 Å². The molecule has 0 saturated carbocycles. The van der Waals surface area contributed by atoms with Crippen LogP contribution in [0, 0.1) is 0 Å². The predicted octanol–water partition coefficient (Wildman–Crippen LogP) is 1.64. The first-order chi connectivity index (χ1) is 5.30. The summed E-state index contributed by atoms with van der Waals surface area (Å²) in [6.45, 7) is 6.25. The molecular formula is C9H15NO. The van der Waals surface area contributed by atoms with Crippen molar-refractivity contribution < 1.29 is 4.79 Å². The van der Waals surface area contributed by atoms with Crippen LogP contribution in [0.4, 0.5) is 0 Å². The van der Waals surface area contributed by atoms with Gasteiger partial charge in [0.15, 0.2) is 5.78 Å². The zero-order valence-electron chi connectivity index (χ0n) is 7.35. The van der Waals surface area contributed by atoms with Crippen molar-refractivity contribution in [1.29, 1.82) is 0 Å². The first-order valence-electron chi connectivity index (χ1n) is 3.91. The molecular weight excluding hydrogens is 138 g/mol. The van der Waals surface area contributed by atoms with Crippen molar-refractivity contribution in [2.75, 3.05) is 6.54 Å². The van der Waals surface area contributed by atoms with E-state index in [1.165, 1.54) is 0 Å². The number of Topliss-reactive ketones (excluding diaryl/α,β-unsaturated/α-hetero) is 1. The second kappa shape index (κ2) is 5.71. The summed E-state index contributed by atoms with van der Waals surface area (Å²) < 4.78 is 0. The topological polar surface area (TPSA) is 29.1 Å². The number of carbonyl (C=O) groups is 1. The minimum Gasteiger partial charge on any atom is -0.387 e. The summed E-state index contributed by atoms with van der Waals surface area (Å²) in [5.74, 6) is 0.145. The summed E-state index contributed by atoms with van der Waals surface area (Å²) in [4.78, 5) is 10.7. The van der Waals surface area contributed by atoms with Crippen LogP contribution in [-0.2, 0) is 4.79 Å². The van der Waals surface area contributed by atoms with E-state index in [1.807, 2.05) is 32.2 Å². The van der Waals surface area contributed by atoms with Crippen LogP contribution in [0.2, 0.25) is 0 Å². The number of ketones is 1. The van der Waals surface area contributed by atoms with Gasteiger partial charge >= 0.3 is 0 Å². The number of dihydropyridines is 1. The second-order valence-electron chi connectivity index (χ2n) is 1.99. The minimum absolute atomic E-state index is 0.145. The molecule has 1 N–H and O–H groups in total. The van der Waals surface area contributed by atoms with E-state index in [1.54, 1.807) is 6.92 Å². The lowest BCUT2D eigenvalue weighted by atomic mass is 10.1. The van der Waals surface area contributed by atoms with Gasteiger partial charge in [0.05, 0.1) is 0 Å². The SMILES string of the molecule is CC.CC(=O)C1=CC=CNC1. The fourth-order valence-electron chi connectivity index (χ4n) is 0.702. The molecule has 0 radical (unpaired) electrons. The summed E-state index contributed by atoms with van der Waals surface area (Å²) in [6, 6.07) is 0. The maximum Gasteiger partial charge on any atom is 0.157 e. The van der Waals surface area contributed by atoms with Crippen molar-refractivity contribution in [1.82, 2.24) is 5.32 Å². The van der Waals surface area contributed by atoms with Crippen molar-refractivity contribution in [3.05, 3.63) is 23.9 Å². The van der Waals surface area contributed by atoms with Gasteiger partial charge < -0.3 is 5.32 Å². The Kier molecular flexibility index (Phi) is 5.17. The van der Waals surface area contributed by atoms with Gasteiger partial charge in [-0.25, -0.2) is 0 Å². The first kappa shape index (κ1) is 9.95. The van der Waals surface area contributed by atoms with Gasteiger partial charge in [-0.2, -0.15) is 0 Å². The molecule has 2 nitrogen and oxygen atoms in total. The zero-order valence-corrected chi connectivity index (χ0v) is 7.35. The van der Waals surface area contributed by atoms with E-state index >= 15 is 0 Å². The van der Waals surface area contributed by atoms with E-state index in [-0.39, 0.29) is 5.78 Å². The molecule has 0 atom stereocenters. The second-order valence-corrected chi connectivity index (χ2v) is 1.99. The standard InChI is InChI=1S/C7H9NO.C2H6/c1-6(9)7-3-2-4-8-5-7;1-2/h2-4,8H,5H2,1H3;1-2H3. The van der Waals surface area contributed by atoms with Crippen LogP contribution in [0.3, 0.4) is 0 Å².